The third kappa shape index (κ3) is 2.36. The Morgan fingerprint density at radius 1 is 1.20 bits per heavy atom. The monoisotopic (exact) mass is 274 g/mol. The lowest BCUT2D eigenvalue weighted by Crippen LogP contribution is -2.41. The number of oxazole rings is 1. The van der Waals surface area contributed by atoms with Gasteiger partial charge in [0, 0.05) is 12.2 Å². The number of benzene rings is 1. The molecule has 20 heavy (non-hydrogen) atoms. The van der Waals surface area contributed by atoms with Crippen molar-refractivity contribution in [2.45, 2.75) is 25.3 Å². The second kappa shape index (κ2) is 5.54. The second-order valence-electron chi connectivity index (χ2n) is 5.08. The fraction of sp³-hybridized carbons (Fsp3) is 0.400. The molecule has 5 heteroatoms. The van der Waals surface area contributed by atoms with Crippen LogP contribution >= 0.6 is 0 Å². The summed E-state index contributed by atoms with van der Waals surface area (Å²) in [6.45, 7) is 1.15. The van der Waals surface area contributed by atoms with E-state index in [1.165, 1.54) is 17.3 Å². The van der Waals surface area contributed by atoms with Crippen molar-refractivity contribution in [1.29, 1.82) is 0 Å². The van der Waals surface area contributed by atoms with Gasteiger partial charge in [-0.1, -0.05) is 0 Å². The van der Waals surface area contributed by atoms with Gasteiger partial charge in [-0.3, -0.25) is 0 Å². The highest BCUT2D eigenvalue weighted by Gasteiger charge is 2.21. The highest BCUT2D eigenvalue weighted by atomic mass is 16.4. The van der Waals surface area contributed by atoms with Crippen LogP contribution in [0.15, 0.2) is 45.9 Å². The van der Waals surface area contributed by atoms with E-state index < -0.39 is 0 Å². The molecule has 0 aliphatic carbocycles. The third-order valence-electron chi connectivity index (χ3n) is 3.87. The average molecular weight is 274 g/mol. The quantitative estimate of drug-likeness (QED) is 0.927. The molecule has 1 unspecified atom stereocenters. The number of rotatable bonds is 3. The van der Waals surface area contributed by atoms with Gasteiger partial charge < -0.3 is 14.4 Å². The summed E-state index contributed by atoms with van der Waals surface area (Å²) in [6, 6.07) is 7.97. The van der Waals surface area contributed by atoms with Crippen molar-refractivity contribution < 1.29 is 9.52 Å². The number of hydrogen-bond acceptors (Lipinski definition) is 4. The molecule has 1 aliphatic heterocycles. The van der Waals surface area contributed by atoms with Crippen molar-refractivity contribution in [3.63, 3.8) is 0 Å². The van der Waals surface area contributed by atoms with Gasteiger partial charge in [-0.2, -0.15) is 0 Å². The van der Waals surface area contributed by atoms with Crippen LogP contribution in [0.2, 0.25) is 0 Å². The van der Waals surface area contributed by atoms with Crippen LogP contribution in [0.5, 0.6) is 0 Å². The van der Waals surface area contributed by atoms with Crippen LogP contribution in [0, 0.1) is 0 Å². The first kappa shape index (κ1) is 13.0. The van der Waals surface area contributed by atoms with E-state index in [1.54, 1.807) is 6.20 Å². The largest absolute Gasteiger partial charge is 0.423 e. The van der Waals surface area contributed by atoms with Crippen LogP contribution in [0.1, 0.15) is 19.3 Å². The van der Waals surface area contributed by atoms with Crippen LogP contribution in [-0.2, 0) is 0 Å². The molecule has 0 bridgehead atoms. The molecule has 5 nitrogen and oxygen atoms in total. The van der Waals surface area contributed by atoms with Gasteiger partial charge in [-0.15, -0.1) is 0 Å². The molecule has 1 atom stereocenters. The first-order valence-corrected chi connectivity index (χ1v) is 6.93. The average Bonchev–Trinajstić information content (AvgIpc) is 2.93. The zero-order chi connectivity index (χ0) is 13.9. The van der Waals surface area contributed by atoms with Gasteiger partial charge in [0.2, 0.25) is 0 Å². The standard InChI is InChI=1S/C15H18N2O3/c18-11-14-3-1-2-8-16(14)12-4-6-13(7-5-12)17-9-10-20-15(17)19/h4-7,9-10,14,18H,1-3,8,11H2. The molecule has 1 aliphatic rings. The Morgan fingerprint density at radius 3 is 2.60 bits per heavy atom. The first-order valence-electron chi connectivity index (χ1n) is 6.93. The second-order valence-corrected chi connectivity index (χ2v) is 5.08. The molecular formula is C15H18N2O3. The predicted molar refractivity (Wildman–Crippen MR) is 76.4 cm³/mol. The number of piperidine rings is 1. The Labute approximate surface area is 117 Å². The van der Waals surface area contributed by atoms with Crippen LogP contribution in [0.4, 0.5) is 5.69 Å². The lowest BCUT2D eigenvalue weighted by atomic mass is 10.0. The number of anilines is 1. The third-order valence-corrected chi connectivity index (χ3v) is 3.87. The topological polar surface area (TPSA) is 58.6 Å². The molecule has 2 aromatic rings. The molecule has 1 aromatic heterocycles. The molecule has 0 spiro atoms. The van der Waals surface area contributed by atoms with Crippen molar-refractivity contribution in [2.75, 3.05) is 18.1 Å². The van der Waals surface area contributed by atoms with E-state index in [1.807, 2.05) is 24.3 Å². The summed E-state index contributed by atoms with van der Waals surface area (Å²) in [4.78, 5) is 13.7. The van der Waals surface area contributed by atoms with Crippen LogP contribution in [-0.4, -0.2) is 28.9 Å². The molecule has 1 fully saturated rings. The summed E-state index contributed by atoms with van der Waals surface area (Å²) in [5.41, 5.74) is 1.87. The maximum absolute atomic E-state index is 11.5. The van der Waals surface area contributed by atoms with E-state index >= 15 is 0 Å². The number of aliphatic hydroxyl groups excluding tert-OH is 1. The van der Waals surface area contributed by atoms with Gasteiger partial charge >= 0.3 is 5.76 Å². The van der Waals surface area contributed by atoms with Crippen molar-refractivity contribution in [3.8, 4) is 5.69 Å². The van der Waals surface area contributed by atoms with Crippen molar-refractivity contribution in [1.82, 2.24) is 4.57 Å². The van der Waals surface area contributed by atoms with Gasteiger partial charge in [0.15, 0.2) is 0 Å². The zero-order valence-corrected chi connectivity index (χ0v) is 11.2. The van der Waals surface area contributed by atoms with Gasteiger partial charge in [0.1, 0.15) is 6.26 Å². The molecule has 0 amide bonds. The van der Waals surface area contributed by atoms with Gasteiger partial charge in [0.25, 0.3) is 0 Å². The van der Waals surface area contributed by atoms with E-state index in [9.17, 15) is 9.90 Å². The van der Waals surface area contributed by atoms with Gasteiger partial charge in [0.05, 0.1) is 24.5 Å². The number of aliphatic hydroxyl groups is 1. The summed E-state index contributed by atoms with van der Waals surface area (Å²) < 4.78 is 6.23. The number of aromatic nitrogens is 1. The van der Waals surface area contributed by atoms with Crippen LogP contribution < -0.4 is 10.7 Å². The molecule has 3 rings (SSSR count). The molecule has 1 N–H and O–H groups in total. The summed E-state index contributed by atoms with van der Waals surface area (Å²) in [5.74, 6) is -0.385. The molecule has 0 radical (unpaired) electrons. The molecule has 1 saturated heterocycles. The minimum absolute atomic E-state index is 0.183. The van der Waals surface area contributed by atoms with E-state index in [2.05, 4.69) is 4.90 Å². The molecular weight excluding hydrogens is 256 g/mol. The van der Waals surface area contributed by atoms with Gasteiger partial charge in [-0.25, -0.2) is 9.36 Å². The lowest BCUT2D eigenvalue weighted by Gasteiger charge is -2.36. The number of hydrogen-bond donors (Lipinski definition) is 1. The summed E-state index contributed by atoms with van der Waals surface area (Å²) >= 11 is 0. The maximum Gasteiger partial charge on any atom is 0.423 e. The summed E-state index contributed by atoms with van der Waals surface area (Å²) in [6.07, 6.45) is 6.33. The Hall–Kier alpha value is -2.01. The highest BCUT2D eigenvalue weighted by Crippen LogP contribution is 2.25. The van der Waals surface area contributed by atoms with E-state index in [-0.39, 0.29) is 18.4 Å². The first-order chi connectivity index (χ1) is 9.79. The van der Waals surface area contributed by atoms with Gasteiger partial charge in [-0.05, 0) is 43.5 Å². The Kier molecular flexibility index (Phi) is 3.60. The molecule has 2 heterocycles. The Balaban J connectivity index is 1.86. The summed E-state index contributed by atoms with van der Waals surface area (Å²) in [7, 11) is 0. The van der Waals surface area contributed by atoms with Crippen molar-refractivity contribution >= 4 is 5.69 Å². The molecule has 1 aromatic carbocycles. The molecule has 0 saturated carbocycles. The van der Waals surface area contributed by atoms with Crippen LogP contribution in [0.25, 0.3) is 5.69 Å². The SMILES string of the molecule is O=c1occn1-c1ccc(N2CCCCC2CO)cc1. The lowest BCUT2D eigenvalue weighted by molar-refractivity contribution is 0.240. The van der Waals surface area contributed by atoms with Crippen LogP contribution in [0.3, 0.4) is 0 Å². The fourth-order valence-corrected chi connectivity index (χ4v) is 2.79. The smallest absolute Gasteiger partial charge is 0.416 e. The minimum Gasteiger partial charge on any atom is -0.416 e. The molecule has 106 valence electrons. The highest BCUT2D eigenvalue weighted by molar-refractivity contribution is 5.52. The zero-order valence-electron chi connectivity index (χ0n) is 11.2. The summed E-state index contributed by atoms with van der Waals surface area (Å²) in [5, 5.41) is 9.46. The Morgan fingerprint density at radius 2 is 1.95 bits per heavy atom. The fourth-order valence-electron chi connectivity index (χ4n) is 2.79. The normalized spacial score (nSPS) is 19.2. The predicted octanol–water partition coefficient (Wildman–Crippen LogP) is 1.78. The van der Waals surface area contributed by atoms with E-state index in [4.69, 9.17) is 4.42 Å². The van der Waals surface area contributed by atoms with Crippen molar-refractivity contribution in [3.05, 3.63) is 47.3 Å². The number of nitrogens with zero attached hydrogens (tertiary/aromatic N) is 2. The maximum atomic E-state index is 11.5. The van der Waals surface area contributed by atoms with Crippen molar-refractivity contribution in [2.24, 2.45) is 0 Å². The van der Waals surface area contributed by atoms with E-state index in [0.29, 0.717) is 0 Å². The van der Waals surface area contributed by atoms with E-state index in [0.717, 1.165) is 30.8 Å². The Bertz CT molecular complexity index is 615. The minimum atomic E-state index is -0.385.